The maximum absolute atomic E-state index is 7.53. The molecule has 0 amide bonds. The largest absolute Gasteiger partial charge is 0.437 e. The van der Waals surface area contributed by atoms with Gasteiger partial charge in [-0.2, -0.15) is 0 Å². The lowest BCUT2D eigenvalue weighted by atomic mass is 10.2. The fourth-order valence-electron chi connectivity index (χ4n) is 1.41. The molecule has 0 atom stereocenters. The van der Waals surface area contributed by atoms with Crippen LogP contribution in [0.1, 0.15) is 11.3 Å². The average molecular weight is 295 g/mol. The molecule has 0 aliphatic carbocycles. The van der Waals surface area contributed by atoms with Gasteiger partial charge in [0.2, 0.25) is 5.88 Å². The number of nitrogens with zero attached hydrogens (tertiary/aromatic N) is 1. The van der Waals surface area contributed by atoms with Crippen LogP contribution in [0, 0.1) is 12.3 Å². The van der Waals surface area contributed by atoms with Gasteiger partial charge in [0.05, 0.1) is 5.56 Å². The number of amidine groups is 1. The van der Waals surface area contributed by atoms with Crippen LogP contribution in [-0.2, 0) is 0 Å². The Bertz CT molecular complexity index is 564. The third-order valence-electron chi connectivity index (χ3n) is 2.14. The Morgan fingerprint density at radius 2 is 2.29 bits per heavy atom. The SMILES string of the molecule is Cc1cc(Oc2cccc(Br)c2C(=N)N)n[nH]1. The summed E-state index contributed by atoms with van der Waals surface area (Å²) in [6.07, 6.45) is 0. The van der Waals surface area contributed by atoms with Crippen LogP contribution in [0.5, 0.6) is 11.6 Å². The number of H-pyrrole nitrogens is 1. The molecular formula is C11H11BrN4O. The minimum atomic E-state index is -0.0558. The Balaban J connectivity index is 2.39. The Hall–Kier alpha value is -1.82. The molecule has 4 N–H and O–H groups in total. The van der Waals surface area contributed by atoms with Gasteiger partial charge in [-0.1, -0.05) is 6.07 Å². The van der Waals surface area contributed by atoms with Crippen LogP contribution < -0.4 is 10.5 Å². The fraction of sp³-hybridized carbons (Fsp3) is 0.0909. The van der Waals surface area contributed by atoms with Gasteiger partial charge in [0.15, 0.2) is 0 Å². The maximum Gasteiger partial charge on any atom is 0.238 e. The second-order valence-corrected chi connectivity index (χ2v) is 4.37. The van der Waals surface area contributed by atoms with E-state index < -0.39 is 0 Å². The molecule has 1 heterocycles. The van der Waals surface area contributed by atoms with E-state index in [0.29, 0.717) is 17.2 Å². The van der Waals surface area contributed by atoms with E-state index in [4.69, 9.17) is 15.9 Å². The smallest absolute Gasteiger partial charge is 0.238 e. The lowest BCUT2D eigenvalue weighted by Crippen LogP contribution is -2.13. The number of nitrogens with two attached hydrogens (primary N) is 1. The highest BCUT2D eigenvalue weighted by Gasteiger charge is 2.12. The highest BCUT2D eigenvalue weighted by Crippen LogP contribution is 2.29. The number of aryl methyl sites for hydroxylation is 1. The summed E-state index contributed by atoms with van der Waals surface area (Å²) in [5.41, 5.74) is 6.94. The van der Waals surface area contributed by atoms with Gasteiger partial charge in [-0.05, 0) is 35.0 Å². The van der Waals surface area contributed by atoms with E-state index in [9.17, 15) is 0 Å². The molecule has 0 saturated carbocycles. The molecule has 0 spiro atoms. The molecule has 1 aromatic carbocycles. The number of nitrogen functional groups attached to an aromatic ring is 1. The normalized spacial score (nSPS) is 10.2. The Kier molecular flexibility index (Phi) is 3.14. The summed E-state index contributed by atoms with van der Waals surface area (Å²) in [5, 5.41) is 14.3. The van der Waals surface area contributed by atoms with Crippen molar-refractivity contribution >= 4 is 21.8 Å². The lowest BCUT2D eigenvalue weighted by molar-refractivity contribution is 0.460. The van der Waals surface area contributed by atoms with Crippen LogP contribution >= 0.6 is 15.9 Å². The minimum Gasteiger partial charge on any atom is -0.437 e. The number of halogens is 1. The summed E-state index contributed by atoms with van der Waals surface area (Å²) < 4.78 is 6.30. The zero-order valence-corrected chi connectivity index (χ0v) is 10.7. The highest BCUT2D eigenvalue weighted by atomic mass is 79.9. The fourth-order valence-corrected chi connectivity index (χ4v) is 1.97. The van der Waals surface area contributed by atoms with Crippen LogP contribution in [0.3, 0.4) is 0 Å². The summed E-state index contributed by atoms with van der Waals surface area (Å²) in [5.74, 6) is 0.890. The molecular weight excluding hydrogens is 284 g/mol. The van der Waals surface area contributed by atoms with Gasteiger partial charge in [0, 0.05) is 16.2 Å². The van der Waals surface area contributed by atoms with Gasteiger partial charge in [0.25, 0.3) is 0 Å². The van der Waals surface area contributed by atoms with E-state index in [1.54, 1.807) is 18.2 Å². The topological polar surface area (TPSA) is 87.8 Å². The van der Waals surface area contributed by atoms with Crippen LogP contribution in [0.25, 0.3) is 0 Å². The number of aromatic amines is 1. The van der Waals surface area contributed by atoms with E-state index in [1.807, 2.05) is 13.0 Å². The maximum atomic E-state index is 7.53. The number of hydrogen-bond donors (Lipinski definition) is 3. The van der Waals surface area contributed by atoms with E-state index in [2.05, 4.69) is 26.1 Å². The molecule has 2 rings (SSSR count). The molecule has 0 fully saturated rings. The molecule has 6 heteroatoms. The van der Waals surface area contributed by atoms with Crippen LogP contribution in [0.4, 0.5) is 0 Å². The first-order valence-corrected chi connectivity index (χ1v) is 5.70. The second-order valence-electron chi connectivity index (χ2n) is 3.52. The van der Waals surface area contributed by atoms with Crippen LogP contribution in [0.15, 0.2) is 28.7 Å². The Morgan fingerprint density at radius 1 is 1.53 bits per heavy atom. The van der Waals surface area contributed by atoms with Crippen molar-refractivity contribution in [1.29, 1.82) is 5.41 Å². The van der Waals surface area contributed by atoms with Crippen molar-refractivity contribution in [2.75, 3.05) is 0 Å². The molecule has 88 valence electrons. The monoisotopic (exact) mass is 294 g/mol. The second kappa shape index (κ2) is 4.58. The van der Waals surface area contributed by atoms with Crippen molar-refractivity contribution in [2.24, 2.45) is 5.73 Å². The van der Waals surface area contributed by atoms with E-state index in [-0.39, 0.29) is 5.84 Å². The molecule has 0 unspecified atom stereocenters. The number of aromatic nitrogens is 2. The standard InChI is InChI=1S/C11H11BrN4O/c1-6-5-9(16-15-6)17-8-4-2-3-7(12)10(8)11(13)14/h2-5H,1H3,(H3,13,14)(H,15,16). The van der Waals surface area contributed by atoms with Gasteiger partial charge in [-0.15, -0.1) is 5.10 Å². The predicted molar refractivity (Wildman–Crippen MR) is 68.6 cm³/mol. The Morgan fingerprint density at radius 3 is 2.88 bits per heavy atom. The third kappa shape index (κ3) is 2.47. The van der Waals surface area contributed by atoms with Crippen molar-refractivity contribution < 1.29 is 4.74 Å². The average Bonchev–Trinajstić information content (AvgIpc) is 2.63. The number of rotatable bonds is 3. The van der Waals surface area contributed by atoms with Gasteiger partial charge < -0.3 is 10.5 Å². The quantitative estimate of drug-likeness (QED) is 0.600. The molecule has 17 heavy (non-hydrogen) atoms. The molecule has 2 aromatic rings. The van der Waals surface area contributed by atoms with Crippen molar-refractivity contribution in [3.63, 3.8) is 0 Å². The van der Waals surface area contributed by atoms with Crippen molar-refractivity contribution in [1.82, 2.24) is 10.2 Å². The summed E-state index contributed by atoms with van der Waals surface area (Å²) in [7, 11) is 0. The molecule has 0 aliphatic rings. The van der Waals surface area contributed by atoms with Crippen LogP contribution in [-0.4, -0.2) is 16.0 Å². The third-order valence-corrected chi connectivity index (χ3v) is 2.80. The first-order chi connectivity index (χ1) is 8.08. The summed E-state index contributed by atoms with van der Waals surface area (Å²) >= 11 is 3.34. The zero-order valence-electron chi connectivity index (χ0n) is 9.12. The Labute approximate surface area is 107 Å². The zero-order chi connectivity index (χ0) is 12.4. The van der Waals surface area contributed by atoms with E-state index >= 15 is 0 Å². The molecule has 0 aliphatic heterocycles. The van der Waals surface area contributed by atoms with Gasteiger partial charge in [-0.25, -0.2) is 0 Å². The van der Waals surface area contributed by atoms with Crippen molar-refractivity contribution in [3.05, 3.63) is 40.0 Å². The lowest BCUT2D eigenvalue weighted by Gasteiger charge is -2.09. The number of ether oxygens (including phenoxy) is 1. The molecule has 5 nitrogen and oxygen atoms in total. The number of benzene rings is 1. The van der Waals surface area contributed by atoms with Gasteiger partial charge >= 0.3 is 0 Å². The predicted octanol–water partition coefficient (Wildman–Crippen LogP) is 2.56. The molecule has 0 saturated heterocycles. The minimum absolute atomic E-state index is 0.0558. The van der Waals surface area contributed by atoms with E-state index in [0.717, 1.165) is 10.2 Å². The summed E-state index contributed by atoms with van der Waals surface area (Å²) in [6, 6.07) is 7.13. The van der Waals surface area contributed by atoms with E-state index in [1.165, 1.54) is 0 Å². The number of hydrogen-bond acceptors (Lipinski definition) is 3. The van der Waals surface area contributed by atoms with Crippen LogP contribution in [0.2, 0.25) is 0 Å². The molecule has 0 radical (unpaired) electrons. The van der Waals surface area contributed by atoms with Gasteiger partial charge in [0.1, 0.15) is 11.6 Å². The summed E-state index contributed by atoms with van der Waals surface area (Å²) in [4.78, 5) is 0. The summed E-state index contributed by atoms with van der Waals surface area (Å²) in [6.45, 7) is 1.88. The number of nitrogens with one attached hydrogen (secondary N) is 2. The van der Waals surface area contributed by atoms with Gasteiger partial charge in [-0.3, -0.25) is 10.5 Å². The first-order valence-electron chi connectivity index (χ1n) is 4.90. The molecule has 0 bridgehead atoms. The van der Waals surface area contributed by atoms with Crippen molar-refractivity contribution in [2.45, 2.75) is 6.92 Å². The van der Waals surface area contributed by atoms with Crippen molar-refractivity contribution in [3.8, 4) is 11.6 Å². The first kappa shape index (κ1) is 11.7. The molecule has 1 aromatic heterocycles. The highest BCUT2D eigenvalue weighted by molar-refractivity contribution is 9.10.